The van der Waals surface area contributed by atoms with Gasteiger partial charge in [-0.3, -0.25) is 14.4 Å². The van der Waals surface area contributed by atoms with E-state index >= 15 is 0 Å². The van der Waals surface area contributed by atoms with E-state index in [9.17, 15) is 19.2 Å². The Morgan fingerprint density at radius 1 is 1.09 bits per heavy atom. The summed E-state index contributed by atoms with van der Waals surface area (Å²) < 4.78 is 22.2. The average Bonchev–Trinajstić information content (AvgIpc) is 3.75. The molecule has 12 heteroatoms. The number of likely N-dealkylation sites (tertiary alicyclic amines) is 1. The smallest absolute Gasteiger partial charge is 0.410 e. The number of piperidine rings is 1. The molecule has 0 aromatic heterocycles. The first kappa shape index (κ1) is 33.7. The van der Waals surface area contributed by atoms with Crippen molar-refractivity contribution in [3.8, 4) is 5.75 Å². The molecule has 5 rings (SSSR count). The van der Waals surface area contributed by atoms with Crippen molar-refractivity contribution in [3.05, 3.63) is 30.5 Å². The van der Waals surface area contributed by atoms with Crippen molar-refractivity contribution < 1.29 is 38.1 Å². The molecule has 1 aromatic carbocycles. The third kappa shape index (κ3) is 7.66. The number of carbonyl (C=O) groups excluding carboxylic acids is 4. The molecule has 1 N–H and O–H groups in total. The number of benzene rings is 1. The van der Waals surface area contributed by atoms with Crippen LogP contribution < -0.4 is 19.9 Å². The van der Waals surface area contributed by atoms with E-state index in [2.05, 4.69) is 11.9 Å². The zero-order valence-electron chi connectivity index (χ0n) is 27.7. The van der Waals surface area contributed by atoms with E-state index in [1.807, 2.05) is 12.1 Å². The first-order valence-corrected chi connectivity index (χ1v) is 16.4. The zero-order chi connectivity index (χ0) is 33.2. The minimum absolute atomic E-state index is 0.0206. The second-order valence-corrected chi connectivity index (χ2v) is 13.8. The van der Waals surface area contributed by atoms with E-state index in [1.54, 1.807) is 50.9 Å². The summed E-state index contributed by atoms with van der Waals surface area (Å²) in [4.78, 5) is 59.3. The van der Waals surface area contributed by atoms with E-state index in [0.717, 1.165) is 32.1 Å². The van der Waals surface area contributed by atoms with Gasteiger partial charge in [-0.05, 0) is 83.9 Å². The Kier molecular flexibility index (Phi) is 10.3. The van der Waals surface area contributed by atoms with Crippen LogP contribution in [0.4, 0.5) is 16.2 Å². The van der Waals surface area contributed by atoms with E-state index in [1.165, 1.54) is 4.90 Å². The van der Waals surface area contributed by atoms with Crippen LogP contribution in [0.25, 0.3) is 0 Å². The third-order valence-electron chi connectivity index (χ3n) is 9.01. The van der Waals surface area contributed by atoms with Crippen LogP contribution in [0, 0.1) is 11.8 Å². The Morgan fingerprint density at radius 3 is 2.50 bits per heavy atom. The molecule has 0 bridgehead atoms. The number of fused-ring (bicyclic) bond motifs is 1. The van der Waals surface area contributed by atoms with Crippen molar-refractivity contribution in [1.29, 1.82) is 0 Å². The highest BCUT2D eigenvalue weighted by Gasteiger charge is 2.44. The number of hydrogen-bond acceptors (Lipinski definition) is 8. The van der Waals surface area contributed by atoms with Gasteiger partial charge in [0.05, 0.1) is 29.7 Å². The number of carbonyl (C=O) groups is 4. The van der Waals surface area contributed by atoms with Crippen LogP contribution in [0.5, 0.6) is 5.75 Å². The van der Waals surface area contributed by atoms with E-state index in [-0.39, 0.29) is 54.8 Å². The summed E-state index contributed by atoms with van der Waals surface area (Å²) in [6.07, 6.45) is 4.64. The molecular weight excluding hydrogens is 592 g/mol. The maximum atomic E-state index is 14.5. The molecule has 4 atom stereocenters. The fourth-order valence-corrected chi connectivity index (χ4v) is 6.64. The van der Waals surface area contributed by atoms with Crippen LogP contribution in [-0.4, -0.2) is 93.0 Å². The Hall–Kier alpha value is -3.64. The Labute approximate surface area is 271 Å². The van der Waals surface area contributed by atoms with Gasteiger partial charge in [0, 0.05) is 52.2 Å². The number of ether oxygens (including phenoxy) is 4. The lowest BCUT2D eigenvalue weighted by atomic mass is 9.87. The van der Waals surface area contributed by atoms with Crippen LogP contribution in [0.2, 0.25) is 0 Å². The Bertz CT molecular complexity index is 1340. The lowest BCUT2D eigenvalue weighted by Gasteiger charge is -2.39. The highest BCUT2D eigenvalue weighted by molar-refractivity contribution is 6.08. The zero-order valence-corrected chi connectivity index (χ0v) is 27.7. The second-order valence-electron chi connectivity index (χ2n) is 13.8. The topological polar surface area (TPSA) is 127 Å². The molecule has 2 heterocycles. The maximum absolute atomic E-state index is 14.5. The predicted molar refractivity (Wildman–Crippen MR) is 172 cm³/mol. The summed E-state index contributed by atoms with van der Waals surface area (Å²) >= 11 is 0. The summed E-state index contributed by atoms with van der Waals surface area (Å²) in [6.45, 7) is 10.3. The van der Waals surface area contributed by atoms with Gasteiger partial charge in [-0.25, -0.2) is 4.79 Å². The van der Waals surface area contributed by atoms with E-state index in [0.29, 0.717) is 43.1 Å². The molecule has 1 saturated heterocycles. The molecule has 2 saturated carbocycles. The first-order valence-electron chi connectivity index (χ1n) is 16.4. The van der Waals surface area contributed by atoms with Gasteiger partial charge in [0.25, 0.3) is 5.91 Å². The second kappa shape index (κ2) is 14.0. The van der Waals surface area contributed by atoms with Gasteiger partial charge in [0.2, 0.25) is 11.8 Å². The minimum Gasteiger partial charge on any atom is -0.450 e. The number of hydrogen-bond donors (Lipinski definition) is 1. The quantitative estimate of drug-likeness (QED) is 0.300. The molecule has 2 aliphatic carbocycles. The number of amides is 4. The number of methoxy groups -OCH3 is 2. The predicted octanol–water partition coefficient (Wildman–Crippen LogP) is 4.01. The lowest BCUT2D eigenvalue weighted by Crippen LogP contribution is -2.55. The third-order valence-corrected chi connectivity index (χ3v) is 9.01. The number of anilines is 2. The van der Waals surface area contributed by atoms with Crippen LogP contribution in [0.15, 0.2) is 30.5 Å². The Morgan fingerprint density at radius 2 is 1.83 bits per heavy atom. The highest BCUT2D eigenvalue weighted by Crippen LogP contribution is 2.42. The van der Waals surface area contributed by atoms with Crippen molar-refractivity contribution in [2.75, 3.05) is 50.3 Å². The molecular formula is C34H48N4O8. The molecule has 0 unspecified atom stereocenters. The van der Waals surface area contributed by atoms with Crippen LogP contribution in [-0.2, 0) is 28.6 Å². The number of rotatable bonds is 10. The Balaban J connectivity index is 1.41. The standard InChI is InChI=1S/C34H48N4O8/c1-21-31(40)37(15-8-16-43-5)27-18-25(13-14-29(27)45-21)38(24-11-12-24)32(41)23-17-22(19-36(20-23)33(42)46-34(2,3)4)30(39)35-26-9-7-10-28(26)44-6/h13-14,18,22-24,26,28H,1,7-12,15-17,19-20H2,2-6H3,(H,35,39)/t22-,23+,26-,28-/m0/s1. The average molecular weight is 641 g/mol. The largest absolute Gasteiger partial charge is 0.450 e. The number of nitrogens with zero attached hydrogens (tertiary/aromatic N) is 3. The summed E-state index contributed by atoms with van der Waals surface area (Å²) in [7, 11) is 3.26. The summed E-state index contributed by atoms with van der Waals surface area (Å²) in [6, 6.07) is 5.26. The van der Waals surface area contributed by atoms with Crippen LogP contribution >= 0.6 is 0 Å². The molecule has 0 spiro atoms. The summed E-state index contributed by atoms with van der Waals surface area (Å²) in [5.74, 6) is -1.39. The van der Waals surface area contributed by atoms with Crippen LogP contribution in [0.1, 0.15) is 65.7 Å². The molecule has 4 aliphatic rings. The van der Waals surface area contributed by atoms with E-state index < -0.39 is 23.5 Å². The SMILES string of the molecule is C=C1Oc2ccc(N(C(=O)[C@@H]3C[C@H](C(=O)N[C@H]4CCC[C@@H]4OC)CN(C(=O)OC(C)(C)C)C3)C3CC3)cc2N(CCCOC)C1=O. The van der Waals surface area contributed by atoms with Crippen LogP contribution in [0.3, 0.4) is 0 Å². The monoisotopic (exact) mass is 640 g/mol. The minimum atomic E-state index is -0.732. The van der Waals surface area contributed by atoms with Crippen molar-refractivity contribution in [2.24, 2.45) is 11.8 Å². The van der Waals surface area contributed by atoms with Gasteiger partial charge in [-0.15, -0.1) is 0 Å². The van der Waals surface area contributed by atoms with Crippen molar-refractivity contribution >= 4 is 35.2 Å². The molecule has 252 valence electrons. The van der Waals surface area contributed by atoms with Gasteiger partial charge in [0.1, 0.15) is 5.60 Å². The normalized spacial score (nSPS) is 24.7. The first-order chi connectivity index (χ1) is 21.9. The van der Waals surface area contributed by atoms with Crippen molar-refractivity contribution in [2.45, 2.75) is 89.5 Å². The van der Waals surface area contributed by atoms with Crippen molar-refractivity contribution in [3.63, 3.8) is 0 Å². The molecule has 2 aliphatic heterocycles. The maximum Gasteiger partial charge on any atom is 0.410 e. The molecule has 1 aromatic rings. The van der Waals surface area contributed by atoms with Gasteiger partial charge < -0.3 is 39.0 Å². The molecule has 0 radical (unpaired) electrons. The fraction of sp³-hybridized carbons (Fsp3) is 0.647. The van der Waals surface area contributed by atoms with Gasteiger partial charge >= 0.3 is 6.09 Å². The highest BCUT2D eigenvalue weighted by atomic mass is 16.6. The fourth-order valence-electron chi connectivity index (χ4n) is 6.64. The van der Waals surface area contributed by atoms with Gasteiger partial charge in [-0.2, -0.15) is 0 Å². The molecule has 3 fully saturated rings. The molecule has 46 heavy (non-hydrogen) atoms. The van der Waals surface area contributed by atoms with Gasteiger partial charge in [0.15, 0.2) is 11.5 Å². The number of nitrogens with one attached hydrogen (secondary N) is 1. The summed E-state index contributed by atoms with van der Waals surface area (Å²) in [5, 5.41) is 3.15. The van der Waals surface area contributed by atoms with E-state index in [4.69, 9.17) is 18.9 Å². The van der Waals surface area contributed by atoms with Crippen molar-refractivity contribution in [1.82, 2.24) is 10.2 Å². The molecule has 4 amide bonds. The lowest BCUT2D eigenvalue weighted by molar-refractivity contribution is -0.131. The summed E-state index contributed by atoms with van der Waals surface area (Å²) in [5.41, 5.74) is 0.464. The molecule has 12 nitrogen and oxygen atoms in total. The van der Waals surface area contributed by atoms with Gasteiger partial charge in [-0.1, -0.05) is 6.58 Å².